The molecule has 1 aromatic carbocycles. The molecular weight excluding hydrogens is 254 g/mol. The third kappa shape index (κ3) is 2.70. The maximum absolute atomic E-state index is 12.0. The van der Waals surface area contributed by atoms with Crippen molar-refractivity contribution in [2.45, 2.75) is 19.4 Å². The highest BCUT2D eigenvalue weighted by Gasteiger charge is 2.19. The topological polar surface area (TPSA) is 71.8 Å². The van der Waals surface area contributed by atoms with Crippen LogP contribution >= 0.6 is 0 Å². The van der Waals surface area contributed by atoms with Crippen molar-refractivity contribution in [1.29, 1.82) is 0 Å². The predicted octanol–water partition coefficient (Wildman–Crippen LogP) is 0.667. The van der Waals surface area contributed by atoms with Crippen LogP contribution in [0.3, 0.4) is 0 Å². The average molecular weight is 271 g/mol. The quantitative estimate of drug-likeness (QED) is 0.860. The summed E-state index contributed by atoms with van der Waals surface area (Å²) in [7, 11) is 0. The van der Waals surface area contributed by atoms with Crippen LogP contribution < -0.4 is 10.6 Å². The van der Waals surface area contributed by atoms with Gasteiger partial charge in [-0.1, -0.05) is 22.9 Å². The van der Waals surface area contributed by atoms with Crippen molar-refractivity contribution in [1.82, 2.24) is 25.6 Å². The number of aromatic nitrogens is 3. The number of amides is 1. The van der Waals surface area contributed by atoms with Gasteiger partial charge in [-0.3, -0.25) is 4.79 Å². The number of hydrogen-bond acceptors (Lipinski definition) is 4. The predicted molar refractivity (Wildman–Crippen MR) is 74.8 cm³/mol. The molecule has 2 aromatic rings. The molecule has 0 saturated carbocycles. The lowest BCUT2D eigenvalue weighted by Gasteiger charge is -2.08. The summed E-state index contributed by atoms with van der Waals surface area (Å²) in [6.45, 7) is 3.79. The summed E-state index contributed by atoms with van der Waals surface area (Å²) in [6, 6.07) is 8.09. The van der Waals surface area contributed by atoms with Gasteiger partial charge in [0.05, 0.1) is 11.9 Å². The number of rotatable bonds is 3. The molecule has 1 atom stereocenters. The number of carbonyl (C=O) groups is 1. The maximum Gasteiger partial charge on any atom is 0.273 e. The minimum Gasteiger partial charge on any atom is -0.347 e. The third-order valence-corrected chi connectivity index (χ3v) is 3.42. The van der Waals surface area contributed by atoms with Gasteiger partial charge in [0.15, 0.2) is 5.69 Å². The van der Waals surface area contributed by atoms with Gasteiger partial charge in [-0.05, 0) is 32.0 Å². The maximum atomic E-state index is 12.0. The van der Waals surface area contributed by atoms with Crippen LogP contribution in [-0.4, -0.2) is 40.0 Å². The lowest BCUT2D eigenvalue weighted by Crippen LogP contribution is -2.36. The van der Waals surface area contributed by atoms with E-state index in [9.17, 15) is 4.79 Å². The first-order valence-electron chi connectivity index (χ1n) is 6.73. The van der Waals surface area contributed by atoms with Crippen molar-refractivity contribution in [2.24, 2.45) is 0 Å². The van der Waals surface area contributed by atoms with E-state index in [1.54, 1.807) is 10.9 Å². The van der Waals surface area contributed by atoms with Crippen LogP contribution in [0.15, 0.2) is 30.5 Å². The summed E-state index contributed by atoms with van der Waals surface area (Å²) < 4.78 is 1.61. The Labute approximate surface area is 117 Å². The molecule has 1 saturated heterocycles. The smallest absolute Gasteiger partial charge is 0.273 e. The molecule has 1 amide bonds. The zero-order valence-corrected chi connectivity index (χ0v) is 11.3. The molecule has 6 nitrogen and oxygen atoms in total. The summed E-state index contributed by atoms with van der Waals surface area (Å²) in [6.07, 6.45) is 2.61. The van der Waals surface area contributed by atoms with E-state index in [0.717, 1.165) is 25.2 Å². The lowest BCUT2D eigenvalue weighted by molar-refractivity contribution is 0.0935. The van der Waals surface area contributed by atoms with E-state index in [4.69, 9.17) is 0 Å². The third-order valence-electron chi connectivity index (χ3n) is 3.42. The molecule has 1 unspecified atom stereocenters. The first kappa shape index (κ1) is 12.8. The number of carbonyl (C=O) groups excluding carboxylic acids is 1. The molecule has 3 rings (SSSR count). The summed E-state index contributed by atoms with van der Waals surface area (Å²) in [5.74, 6) is -0.169. The Hall–Kier alpha value is -2.21. The summed E-state index contributed by atoms with van der Waals surface area (Å²) in [4.78, 5) is 12.0. The van der Waals surface area contributed by atoms with E-state index < -0.39 is 0 Å². The van der Waals surface area contributed by atoms with Crippen LogP contribution in [0.25, 0.3) is 5.69 Å². The SMILES string of the molecule is Cc1ccc(-n2cc(C(=O)NC3CCNC3)nn2)cc1. The standard InChI is InChI=1S/C14H17N5O/c1-10-2-4-12(5-3-10)19-9-13(17-18-19)14(20)16-11-6-7-15-8-11/h2-5,9,11,15H,6-8H2,1H3,(H,16,20). The van der Waals surface area contributed by atoms with Crippen LogP contribution in [0.5, 0.6) is 0 Å². The van der Waals surface area contributed by atoms with Gasteiger partial charge in [-0.2, -0.15) is 0 Å². The van der Waals surface area contributed by atoms with Crippen LogP contribution in [0, 0.1) is 6.92 Å². The van der Waals surface area contributed by atoms with Gasteiger partial charge >= 0.3 is 0 Å². The molecule has 0 spiro atoms. The Balaban J connectivity index is 1.72. The van der Waals surface area contributed by atoms with Gasteiger partial charge in [0.2, 0.25) is 0 Å². The molecule has 2 N–H and O–H groups in total. The molecule has 20 heavy (non-hydrogen) atoms. The molecule has 1 aromatic heterocycles. The fourth-order valence-electron chi connectivity index (χ4n) is 2.23. The number of hydrogen-bond donors (Lipinski definition) is 2. The molecule has 104 valence electrons. The number of nitrogens with one attached hydrogen (secondary N) is 2. The van der Waals surface area contributed by atoms with Crippen molar-refractivity contribution >= 4 is 5.91 Å². The van der Waals surface area contributed by atoms with Crippen molar-refractivity contribution < 1.29 is 4.79 Å². The second-order valence-electron chi connectivity index (χ2n) is 5.05. The molecular formula is C14H17N5O. The molecule has 1 aliphatic heterocycles. The Bertz CT molecular complexity index is 598. The monoisotopic (exact) mass is 271 g/mol. The largest absolute Gasteiger partial charge is 0.347 e. The van der Waals surface area contributed by atoms with E-state index in [2.05, 4.69) is 20.9 Å². The van der Waals surface area contributed by atoms with Gasteiger partial charge < -0.3 is 10.6 Å². The van der Waals surface area contributed by atoms with Crippen molar-refractivity contribution in [2.75, 3.05) is 13.1 Å². The van der Waals surface area contributed by atoms with E-state index in [1.165, 1.54) is 5.56 Å². The van der Waals surface area contributed by atoms with Crippen LogP contribution in [0.1, 0.15) is 22.5 Å². The highest BCUT2D eigenvalue weighted by atomic mass is 16.2. The van der Waals surface area contributed by atoms with Gasteiger partial charge in [0, 0.05) is 12.6 Å². The Morgan fingerprint density at radius 1 is 1.40 bits per heavy atom. The van der Waals surface area contributed by atoms with Crippen molar-refractivity contribution in [3.8, 4) is 5.69 Å². The summed E-state index contributed by atoms with van der Waals surface area (Å²) in [5.41, 5.74) is 2.42. The van der Waals surface area contributed by atoms with Gasteiger partial charge in [-0.25, -0.2) is 4.68 Å². The summed E-state index contributed by atoms with van der Waals surface area (Å²) >= 11 is 0. The molecule has 0 radical (unpaired) electrons. The first-order valence-corrected chi connectivity index (χ1v) is 6.73. The number of benzene rings is 1. The van der Waals surface area contributed by atoms with Crippen molar-refractivity contribution in [3.63, 3.8) is 0 Å². The average Bonchev–Trinajstić information content (AvgIpc) is 3.10. The Morgan fingerprint density at radius 3 is 2.90 bits per heavy atom. The Kier molecular flexibility index (Phi) is 3.47. The molecule has 1 aliphatic rings. The van der Waals surface area contributed by atoms with Gasteiger partial charge in [0.1, 0.15) is 0 Å². The minimum atomic E-state index is -0.169. The summed E-state index contributed by atoms with van der Waals surface area (Å²) in [5, 5.41) is 14.1. The normalized spacial score (nSPS) is 18.1. The van der Waals surface area contributed by atoms with Crippen LogP contribution in [0.4, 0.5) is 0 Å². The second-order valence-corrected chi connectivity index (χ2v) is 5.05. The van der Waals surface area contributed by atoms with Crippen LogP contribution in [0.2, 0.25) is 0 Å². The zero-order valence-electron chi connectivity index (χ0n) is 11.3. The zero-order chi connectivity index (χ0) is 13.9. The van der Waals surface area contributed by atoms with Gasteiger partial charge in [-0.15, -0.1) is 5.10 Å². The molecule has 0 bridgehead atoms. The highest BCUT2D eigenvalue weighted by molar-refractivity contribution is 5.92. The minimum absolute atomic E-state index is 0.169. The fraction of sp³-hybridized carbons (Fsp3) is 0.357. The highest BCUT2D eigenvalue weighted by Crippen LogP contribution is 2.08. The van der Waals surface area contributed by atoms with E-state index >= 15 is 0 Å². The lowest BCUT2D eigenvalue weighted by atomic mass is 10.2. The molecule has 6 heteroatoms. The molecule has 2 heterocycles. The molecule has 1 fully saturated rings. The van der Waals surface area contributed by atoms with Crippen LogP contribution in [-0.2, 0) is 0 Å². The number of nitrogens with zero attached hydrogens (tertiary/aromatic N) is 3. The van der Waals surface area contributed by atoms with Crippen molar-refractivity contribution in [3.05, 3.63) is 41.7 Å². The second kappa shape index (κ2) is 5.42. The molecule has 0 aliphatic carbocycles. The first-order chi connectivity index (χ1) is 9.72. The fourth-order valence-corrected chi connectivity index (χ4v) is 2.23. The number of aryl methyl sites for hydroxylation is 1. The van der Waals surface area contributed by atoms with E-state index in [-0.39, 0.29) is 11.9 Å². The van der Waals surface area contributed by atoms with E-state index in [1.807, 2.05) is 31.2 Å². The Morgan fingerprint density at radius 2 is 2.20 bits per heavy atom. The van der Waals surface area contributed by atoms with E-state index in [0.29, 0.717) is 5.69 Å². The van der Waals surface area contributed by atoms with Gasteiger partial charge in [0.25, 0.3) is 5.91 Å².